The third-order valence-electron chi connectivity index (χ3n) is 2.79. The Morgan fingerprint density at radius 1 is 1.35 bits per heavy atom. The van der Waals surface area contributed by atoms with E-state index >= 15 is 0 Å². The van der Waals surface area contributed by atoms with Crippen molar-refractivity contribution in [3.8, 4) is 5.75 Å². The van der Waals surface area contributed by atoms with Gasteiger partial charge in [0.15, 0.2) is 0 Å². The zero-order chi connectivity index (χ0) is 15.3. The summed E-state index contributed by atoms with van der Waals surface area (Å²) in [5.74, 6) is -3.85. The van der Waals surface area contributed by atoms with E-state index in [0.717, 1.165) is 0 Å². The summed E-state index contributed by atoms with van der Waals surface area (Å²) in [6, 6.07) is 2.15. The number of nitrogens with one attached hydrogen (secondary N) is 1. The monoisotopic (exact) mass is 313 g/mol. The average molecular weight is 314 g/mol. The van der Waals surface area contributed by atoms with Gasteiger partial charge in [0.05, 0.1) is 7.11 Å². The molecule has 1 unspecified atom stereocenters. The Bertz CT molecular complexity index is 442. The highest BCUT2D eigenvalue weighted by Gasteiger charge is 2.49. The van der Waals surface area contributed by atoms with Crippen LogP contribution in [0.4, 0.5) is 17.6 Å². The van der Waals surface area contributed by atoms with Crippen LogP contribution in [-0.4, -0.2) is 26.0 Å². The molecule has 0 saturated carbocycles. The number of alkyl halides is 4. The fraction of sp³-hybridized carbons (Fsp3) is 0.538. The van der Waals surface area contributed by atoms with Gasteiger partial charge in [-0.2, -0.15) is 8.78 Å². The van der Waals surface area contributed by atoms with Crippen LogP contribution in [0.1, 0.15) is 24.9 Å². The van der Waals surface area contributed by atoms with Crippen LogP contribution in [0, 0.1) is 0 Å². The number of halogens is 5. The van der Waals surface area contributed by atoms with Gasteiger partial charge < -0.3 is 10.1 Å². The number of methoxy groups -OCH3 is 1. The highest BCUT2D eigenvalue weighted by molar-refractivity contribution is 6.31. The van der Waals surface area contributed by atoms with Gasteiger partial charge in [0.1, 0.15) is 11.8 Å². The first-order valence-corrected chi connectivity index (χ1v) is 6.45. The second-order valence-corrected chi connectivity index (χ2v) is 4.66. The Labute approximate surface area is 120 Å². The first-order valence-electron chi connectivity index (χ1n) is 6.07. The lowest BCUT2D eigenvalue weighted by Gasteiger charge is -2.28. The largest absolute Gasteiger partial charge is 0.497 e. The van der Waals surface area contributed by atoms with Crippen LogP contribution in [0.2, 0.25) is 5.02 Å². The number of ether oxygens (including phenoxy) is 1. The molecule has 2 nitrogen and oxygen atoms in total. The molecule has 0 aliphatic carbocycles. The summed E-state index contributed by atoms with van der Waals surface area (Å²) in [5.41, 5.74) is -0.0776. The molecule has 0 radical (unpaired) electrons. The maximum absolute atomic E-state index is 13.7. The van der Waals surface area contributed by atoms with E-state index in [0.29, 0.717) is 12.2 Å². The van der Waals surface area contributed by atoms with Gasteiger partial charge in [-0.25, -0.2) is 8.78 Å². The van der Waals surface area contributed by atoms with Crippen molar-refractivity contribution in [1.82, 2.24) is 5.32 Å². The molecule has 7 heteroatoms. The Kier molecular flexibility index (Phi) is 6.07. The summed E-state index contributed by atoms with van der Waals surface area (Å²) in [7, 11) is 1.39. The lowest BCUT2D eigenvalue weighted by Crippen LogP contribution is -2.43. The molecular formula is C13H16ClF4NO. The molecule has 0 spiro atoms. The molecule has 0 aliphatic rings. The van der Waals surface area contributed by atoms with Gasteiger partial charge in [0.2, 0.25) is 0 Å². The molecule has 0 saturated heterocycles. The van der Waals surface area contributed by atoms with Crippen molar-refractivity contribution in [1.29, 1.82) is 0 Å². The normalized spacial score (nSPS) is 13.6. The molecule has 1 rings (SSSR count). The fourth-order valence-electron chi connectivity index (χ4n) is 1.74. The van der Waals surface area contributed by atoms with E-state index < -0.39 is 18.4 Å². The summed E-state index contributed by atoms with van der Waals surface area (Å²) in [6.07, 6.45) is -3.25. The predicted octanol–water partition coefficient (Wildman–Crippen LogP) is 4.29. The minimum absolute atomic E-state index is 0.0433. The van der Waals surface area contributed by atoms with E-state index in [9.17, 15) is 17.6 Å². The molecular weight excluding hydrogens is 298 g/mol. The highest BCUT2D eigenvalue weighted by Crippen LogP contribution is 2.40. The topological polar surface area (TPSA) is 21.3 Å². The van der Waals surface area contributed by atoms with E-state index in [4.69, 9.17) is 16.3 Å². The summed E-state index contributed by atoms with van der Waals surface area (Å²) in [6.45, 7) is 1.93. The molecule has 20 heavy (non-hydrogen) atoms. The van der Waals surface area contributed by atoms with E-state index in [-0.39, 0.29) is 17.1 Å². The van der Waals surface area contributed by atoms with Gasteiger partial charge in [0.25, 0.3) is 0 Å². The van der Waals surface area contributed by atoms with Gasteiger partial charge in [-0.15, -0.1) is 0 Å². The van der Waals surface area contributed by atoms with Gasteiger partial charge >= 0.3 is 12.3 Å². The molecule has 1 aromatic rings. The van der Waals surface area contributed by atoms with Crippen molar-refractivity contribution in [3.63, 3.8) is 0 Å². The molecule has 0 heterocycles. The molecule has 0 bridgehead atoms. The average Bonchev–Trinajstić information content (AvgIpc) is 2.40. The number of hydrogen-bond donors (Lipinski definition) is 1. The van der Waals surface area contributed by atoms with Crippen LogP contribution < -0.4 is 10.1 Å². The maximum Gasteiger partial charge on any atom is 0.326 e. The van der Waals surface area contributed by atoms with Crippen LogP contribution in [0.25, 0.3) is 0 Å². The third-order valence-corrected chi connectivity index (χ3v) is 3.12. The second kappa shape index (κ2) is 7.13. The first kappa shape index (κ1) is 17.0. The lowest BCUT2D eigenvalue weighted by atomic mass is 10.00. The quantitative estimate of drug-likeness (QED) is 0.758. The lowest BCUT2D eigenvalue weighted by molar-refractivity contribution is -0.151. The van der Waals surface area contributed by atoms with Crippen LogP contribution in [-0.2, 0) is 0 Å². The standard InChI is InChI=1S/C13H16ClF4NO/c1-3-6-19-11(13(17,18)12(15)16)9-5-4-8(20-2)7-10(9)14/h4-5,7,11-12,19H,3,6H2,1-2H3. The summed E-state index contributed by atoms with van der Waals surface area (Å²) < 4.78 is 57.5. The van der Waals surface area contributed by atoms with Crippen LogP contribution in [0.5, 0.6) is 5.75 Å². The predicted molar refractivity (Wildman–Crippen MR) is 70.0 cm³/mol. The van der Waals surface area contributed by atoms with E-state index in [2.05, 4.69) is 5.32 Å². The summed E-state index contributed by atoms with van der Waals surface area (Å²) in [5, 5.41) is 2.39. The second-order valence-electron chi connectivity index (χ2n) is 4.25. The number of hydrogen-bond acceptors (Lipinski definition) is 2. The summed E-state index contributed by atoms with van der Waals surface area (Å²) in [4.78, 5) is 0. The molecule has 0 aliphatic heterocycles. The van der Waals surface area contributed by atoms with Crippen LogP contribution >= 0.6 is 11.6 Å². The van der Waals surface area contributed by atoms with Gasteiger partial charge in [-0.1, -0.05) is 24.6 Å². The number of rotatable bonds is 7. The van der Waals surface area contributed by atoms with Crippen LogP contribution in [0.3, 0.4) is 0 Å². The van der Waals surface area contributed by atoms with Gasteiger partial charge in [0, 0.05) is 5.02 Å². The van der Waals surface area contributed by atoms with E-state index in [1.54, 1.807) is 6.92 Å². The van der Waals surface area contributed by atoms with Crippen molar-refractivity contribution >= 4 is 11.6 Å². The van der Waals surface area contributed by atoms with Gasteiger partial charge in [-0.3, -0.25) is 0 Å². The number of benzene rings is 1. The zero-order valence-corrected chi connectivity index (χ0v) is 11.9. The third kappa shape index (κ3) is 3.76. The van der Waals surface area contributed by atoms with E-state index in [1.807, 2.05) is 0 Å². The molecule has 0 amide bonds. The Morgan fingerprint density at radius 2 is 2.00 bits per heavy atom. The fourth-order valence-corrected chi connectivity index (χ4v) is 2.02. The molecule has 1 atom stereocenters. The maximum atomic E-state index is 13.7. The molecule has 114 valence electrons. The van der Waals surface area contributed by atoms with Crippen molar-refractivity contribution in [3.05, 3.63) is 28.8 Å². The molecule has 0 fully saturated rings. The SMILES string of the molecule is CCCNC(c1ccc(OC)cc1Cl)C(F)(F)C(F)F. The van der Waals surface area contributed by atoms with Crippen molar-refractivity contribution < 1.29 is 22.3 Å². The molecule has 0 aromatic heterocycles. The van der Waals surface area contributed by atoms with Crippen molar-refractivity contribution in [2.24, 2.45) is 0 Å². The van der Waals surface area contributed by atoms with E-state index in [1.165, 1.54) is 25.3 Å². The van der Waals surface area contributed by atoms with Crippen molar-refractivity contribution in [2.45, 2.75) is 31.7 Å². The molecule has 1 N–H and O–H groups in total. The minimum Gasteiger partial charge on any atom is -0.497 e. The first-order chi connectivity index (χ1) is 9.34. The van der Waals surface area contributed by atoms with Crippen LogP contribution in [0.15, 0.2) is 18.2 Å². The zero-order valence-electron chi connectivity index (χ0n) is 11.1. The highest BCUT2D eigenvalue weighted by atomic mass is 35.5. The van der Waals surface area contributed by atoms with Gasteiger partial charge in [-0.05, 0) is 30.7 Å². The summed E-state index contributed by atoms with van der Waals surface area (Å²) >= 11 is 5.89. The Morgan fingerprint density at radius 3 is 2.45 bits per heavy atom. The molecule has 1 aromatic carbocycles. The smallest absolute Gasteiger partial charge is 0.326 e. The Balaban J connectivity index is 3.17. The Hall–Kier alpha value is -1.01. The minimum atomic E-state index is -4.21. The van der Waals surface area contributed by atoms with Crippen molar-refractivity contribution in [2.75, 3.05) is 13.7 Å².